The molecule has 0 aliphatic heterocycles. The largest absolute Gasteiger partial charge is 0.297 e. The highest BCUT2D eigenvalue weighted by Gasteiger charge is 2.33. The summed E-state index contributed by atoms with van der Waals surface area (Å²) in [6.07, 6.45) is 0.730. The van der Waals surface area contributed by atoms with Gasteiger partial charge in [-0.1, -0.05) is 30.3 Å². The molecule has 6 heteroatoms. The first-order valence-corrected chi connectivity index (χ1v) is 5.91. The van der Waals surface area contributed by atoms with Gasteiger partial charge in [0.1, 0.15) is 6.61 Å². The van der Waals surface area contributed by atoms with Crippen molar-refractivity contribution in [2.45, 2.75) is 5.92 Å². The van der Waals surface area contributed by atoms with Crippen molar-refractivity contribution in [1.29, 1.82) is 0 Å². The van der Waals surface area contributed by atoms with Crippen LogP contribution >= 0.6 is 0 Å². The zero-order valence-electron chi connectivity index (χ0n) is 7.98. The highest BCUT2D eigenvalue weighted by Crippen LogP contribution is 2.28. The molecule has 1 aromatic rings. The number of halogens is 2. The van der Waals surface area contributed by atoms with Crippen LogP contribution in [0.1, 0.15) is 5.56 Å². The predicted octanol–water partition coefficient (Wildman–Crippen LogP) is 1.75. The van der Waals surface area contributed by atoms with Crippen LogP contribution in [0.5, 0.6) is 0 Å². The minimum atomic E-state index is -3.85. The van der Waals surface area contributed by atoms with E-state index in [9.17, 15) is 17.2 Å². The Morgan fingerprint density at radius 2 is 1.80 bits per heavy atom. The Bertz CT molecular complexity index is 414. The van der Waals surface area contributed by atoms with Crippen molar-refractivity contribution in [3.05, 3.63) is 35.9 Å². The molecule has 0 radical (unpaired) electrons. The van der Waals surface area contributed by atoms with Crippen molar-refractivity contribution in [3.63, 3.8) is 0 Å². The van der Waals surface area contributed by atoms with Gasteiger partial charge in [-0.25, -0.2) is 0 Å². The van der Waals surface area contributed by atoms with E-state index in [1.54, 1.807) is 6.07 Å². The molecule has 1 aromatic carbocycles. The summed E-state index contributed by atoms with van der Waals surface area (Å²) in [5, 5.41) is 0. The van der Waals surface area contributed by atoms with E-state index in [-0.39, 0.29) is 5.56 Å². The Labute approximate surface area is 86.8 Å². The van der Waals surface area contributed by atoms with Crippen LogP contribution in [-0.4, -0.2) is 21.3 Å². The van der Waals surface area contributed by atoms with Gasteiger partial charge in [-0.2, -0.15) is 17.2 Å². The van der Waals surface area contributed by atoms with Crippen LogP contribution in [0.4, 0.5) is 8.78 Å². The highest BCUT2D eigenvalue weighted by atomic mass is 32.2. The van der Waals surface area contributed by atoms with Gasteiger partial charge in [-0.3, -0.25) is 4.18 Å². The van der Waals surface area contributed by atoms with E-state index >= 15 is 0 Å². The molecule has 0 aromatic heterocycles. The maximum atomic E-state index is 13.3. The molecule has 1 rings (SSSR count). The molecule has 15 heavy (non-hydrogen) atoms. The van der Waals surface area contributed by atoms with E-state index in [1.807, 2.05) is 0 Å². The third-order valence-corrected chi connectivity index (χ3v) is 2.20. The van der Waals surface area contributed by atoms with Gasteiger partial charge in [0.05, 0.1) is 6.26 Å². The lowest BCUT2D eigenvalue weighted by molar-refractivity contribution is -0.0447. The molecule has 0 heterocycles. The third kappa shape index (κ3) is 3.93. The minimum absolute atomic E-state index is 0.270. The Kier molecular flexibility index (Phi) is 3.41. The Morgan fingerprint density at radius 3 is 2.27 bits per heavy atom. The molecule has 0 saturated carbocycles. The van der Waals surface area contributed by atoms with E-state index in [1.165, 1.54) is 24.3 Å². The average molecular weight is 236 g/mol. The topological polar surface area (TPSA) is 43.4 Å². The van der Waals surface area contributed by atoms with E-state index in [0.717, 1.165) is 6.26 Å². The second-order valence-electron chi connectivity index (χ2n) is 3.04. The first kappa shape index (κ1) is 12.1. The van der Waals surface area contributed by atoms with Crippen molar-refractivity contribution in [3.8, 4) is 0 Å². The number of rotatable bonds is 4. The summed E-state index contributed by atoms with van der Waals surface area (Å²) >= 11 is 0. The van der Waals surface area contributed by atoms with E-state index in [2.05, 4.69) is 4.18 Å². The SMILES string of the molecule is CS(=O)(=O)OCC(F)(F)c1ccccc1. The summed E-state index contributed by atoms with van der Waals surface area (Å²) in [6.45, 7) is -1.17. The molecule has 0 saturated heterocycles. The predicted molar refractivity (Wildman–Crippen MR) is 51.1 cm³/mol. The number of hydrogen-bond acceptors (Lipinski definition) is 3. The quantitative estimate of drug-likeness (QED) is 0.748. The van der Waals surface area contributed by atoms with Gasteiger partial charge >= 0.3 is 0 Å². The average Bonchev–Trinajstić information content (AvgIpc) is 2.16. The molecule has 84 valence electrons. The van der Waals surface area contributed by atoms with Gasteiger partial charge in [0, 0.05) is 5.56 Å². The molecular formula is C9H10F2O3S. The molecule has 0 fully saturated rings. The lowest BCUT2D eigenvalue weighted by Gasteiger charge is -2.15. The van der Waals surface area contributed by atoms with Gasteiger partial charge in [0.15, 0.2) is 0 Å². The lowest BCUT2D eigenvalue weighted by Crippen LogP contribution is -2.23. The van der Waals surface area contributed by atoms with Crippen molar-refractivity contribution in [2.75, 3.05) is 12.9 Å². The van der Waals surface area contributed by atoms with Crippen molar-refractivity contribution in [2.24, 2.45) is 0 Å². The van der Waals surface area contributed by atoms with E-state index in [0.29, 0.717) is 0 Å². The molecule has 0 atom stereocenters. The molecule has 0 N–H and O–H groups in total. The first-order chi connectivity index (χ1) is 6.81. The highest BCUT2D eigenvalue weighted by molar-refractivity contribution is 7.85. The summed E-state index contributed by atoms with van der Waals surface area (Å²) in [5.41, 5.74) is -0.270. The van der Waals surface area contributed by atoms with Crippen molar-refractivity contribution >= 4 is 10.1 Å². The normalized spacial score (nSPS) is 12.7. The van der Waals surface area contributed by atoms with E-state index < -0.39 is 22.6 Å². The standard InChI is InChI=1S/C9H10F2O3S/c1-15(12,13)14-7-9(10,11)8-5-3-2-4-6-8/h2-6H,7H2,1H3. The summed E-state index contributed by atoms with van der Waals surface area (Å²) in [5.74, 6) is -3.30. The van der Waals surface area contributed by atoms with Crippen molar-refractivity contribution < 1.29 is 21.4 Å². The Morgan fingerprint density at radius 1 is 1.27 bits per heavy atom. The zero-order valence-corrected chi connectivity index (χ0v) is 8.80. The van der Waals surface area contributed by atoms with Crippen LogP contribution in [0, 0.1) is 0 Å². The van der Waals surface area contributed by atoms with Crippen molar-refractivity contribution in [1.82, 2.24) is 0 Å². The Balaban J connectivity index is 2.76. The molecule has 0 aliphatic carbocycles. The fourth-order valence-electron chi connectivity index (χ4n) is 0.946. The third-order valence-electron chi connectivity index (χ3n) is 1.65. The molecule has 0 amide bonds. The van der Waals surface area contributed by atoms with E-state index in [4.69, 9.17) is 0 Å². The van der Waals surface area contributed by atoms with Crippen LogP contribution in [0.25, 0.3) is 0 Å². The van der Waals surface area contributed by atoms with Gasteiger partial charge in [-0.15, -0.1) is 0 Å². The first-order valence-electron chi connectivity index (χ1n) is 4.09. The summed E-state index contributed by atoms with van der Waals surface area (Å²) < 4.78 is 51.8. The summed E-state index contributed by atoms with van der Waals surface area (Å²) in [6, 6.07) is 6.92. The Hall–Kier alpha value is -1.01. The minimum Gasteiger partial charge on any atom is -0.264 e. The monoisotopic (exact) mass is 236 g/mol. The second-order valence-corrected chi connectivity index (χ2v) is 4.68. The molecule has 0 aliphatic rings. The summed E-state index contributed by atoms with van der Waals surface area (Å²) in [4.78, 5) is 0. The molecule has 0 unspecified atom stereocenters. The van der Waals surface area contributed by atoms with Crippen LogP contribution in [0.3, 0.4) is 0 Å². The number of benzene rings is 1. The zero-order chi connectivity index (χ0) is 11.5. The second kappa shape index (κ2) is 4.24. The number of hydrogen-bond donors (Lipinski definition) is 0. The maximum Gasteiger partial charge on any atom is 0.297 e. The maximum absolute atomic E-state index is 13.3. The van der Waals surface area contributed by atoms with Crippen LogP contribution in [-0.2, 0) is 20.2 Å². The van der Waals surface area contributed by atoms with Crippen LogP contribution in [0.15, 0.2) is 30.3 Å². The van der Waals surface area contributed by atoms with Crippen LogP contribution < -0.4 is 0 Å². The van der Waals surface area contributed by atoms with Gasteiger partial charge in [0.25, 0.3) is 16.0 Å². The molecule has 0 spiro atoms. The molecule has 0 bridgehead atoms. The van der Waals surface area contributed by atoms with Crippen LogP contribution in [0.2, 0.25) is 0 Å². The fraction of sp³-hybridized carbons (Fsp3) is 0.333. The summed E-state index contributed by atoms with van der Waals surface area (Å²) in [7, 11) is -3.85. The smallest absolute Gasteiger partial charge is 0.264 e. The molecule has 3 nitrogen and oxygen atoms in total. The molecular weight excluding hydrogens is 226 g/mol. The van der Waals surface area contributed by atoms with Gasteiger partial charge in [0.2, 0.25) is 0 Å². The van der Waals surface area contributed by atoms with Gasteiger partial charge in [-0.05, 0) is 0 Å². The lowest BCUT2D eigenvalue weighted by atomic mass is 10.1. The van der Waals surface area contributed by atoms with Gasteiger partial charge < -0.3 is 0 Å². The number of alkyl halides is 2. The fourth-order valence-corrected chi connectivity index (χ4v) is 1.31.